The van der Waals surface area contributed by atoms with Crippen molar-refractivity contribution in [3.05, 3.63) is 65.2 Å². The fraction of sp³-hybridized carbons (Fsp3) is 0.435. The van der Waals surface area contributed by atoms with Crippen LogP contribution < -0.4 is 5.32 Å². The predicted octanol–water partition coefficient (Wildman–Crippen LogP) is 2.68. The van der Waals surface area contributed by atoms with E-state index in [1.807, 2.05) is 32.2 Å². The topological polar surface area (TPSA) is 69.7 Å². The van der Waals surface area contributed by atoms with E-state index < -0.39 is 10.0 Å². The van der Waals surface area contributed by atoms with E-state index in [2.05, 4.69) is 22.3 Å². The van der Waals surface area contributed by atoms with Crippen LogP contribution >= 0.6 is 0 Å². The lowest BCUT2D eigenvalue weighted by Crippen LogP contribution is -2.47. The van der Waals surface area contributed by atoms with E-state index >= 15 is 0 Å². The molecule has 2 aromatic rings. The summed E-state index contributed by atoms with van der Waals surface area (Å²) in [6.07, 6.45) is 1.69. The van der Waals surface area contributed by atoms with E-state index in [9.17, 15) is 13.2 Å². The fourth-order valence-corrected chi connectivity index (χ4v) is 5.27. The van der Waals surface area contributed by atoms with Crippen molar-refractivity contribution in [2.75, 3.05) is 33.2 Å². The van der Waals surface area contributed by atoms with Gasteiger partial charge in [0.25, 0.3) is 5.91 Å². The summed E-state index contributed by atoms with van der Waals surface area (Å²) in [5.74, 6) is -0.245. The summed E-state index contributed by atoms with van der Waals surface area (Å²) in [7, 11) is -1.63. The molecule has 1 N–H and O–H groups in total. The van der Waals surface area contributed by atoms with Crippen LogP contribution in [-0.4, -0.2) is 62.8 Å². The number of carbonyl (C=O) groups is 1. The molecular weight excluding hydrogens is 398 g/mol. The minimum atomic E-state index is -3.62. The maximum Gasteiger partial charge on any atom is 0.251 e. The molecule has 0 saturated carbocycles. The van der Waals surface area contributed by atoms with Crippen LogP contribution in [0, 0.1) is 6.92 Å². The molecule has 1 amide bonds. The van der Waals surface area contributed by atoms with Crippen molar-refractivity contribution in [1.29, 1.82) is 0 Å². The zero-order chi connectivity index (χ0) is 21.7. The summed E-state index contributed by atoms with van der Waals surface area (Å²) < 4.78 is 27.8. The monoisotopic (exact) mass is 429 g/mol. The quantitative estimate of drug-likeness (QED) is 0.735. The number of nitrogens with one attached hydrogen (secondary N) is 1. The molecule has 1 aliphatic rings. The molecule has 162 valence electrons. The second-order valence-electron chi connectivity index (χ2n) is 8.09. The standard InChI is InChI=1S/C23H31N3O3S/c1-18-9-12-21(17-22(18)30(28,29)26-15-13-25(3)14-16-26)23(27)24-19(2)10-11-20-7-5-4-6-8-20/h4-9,12,17,19H,10-11,13-16H2,1-3H3,(H,24,27)/t19-/m0/s1. The van der Waals surface area contributed by atoms with Crippen LogP contribution in [0.2, 0.25) is 0 Å². The number of likely N-dealkylation sites (N-methyl/N-ethyl adjacent to an activating group) is 1. The second kappa shape index (κ2) is 9.73. The van der Waals surface area contributed by atoms with Gasteiger partial charge in [-0.25, -0.2) is 8.42 Å². The van der Waals surface area contributed by atoms with Gasteiger partial charge in [-0.2, -0.15) is 4.31 Å². The largest absolute Gasteiger partial charge is 0.350 e. The molecule has 6 nitrogen and oxygen atoms in total. The number of rotatable bonds is 7. The highest BCUT2D eigenvalue weighted by Gasteiger charge is 2.29. The minimum absolute atomic E-state index is 0.0169. The van der Waals surface area contributed by atoms with E-state index in [0.717, 1.165) is 12.8 Å². The van der Waals surface area contributed by atoms with Gasteiger partial charge in [-0.15, -0.1) is 0 Å². The molecule has 3 rings (SSSR count). The van der Waals surface area contributed by atoms with Crippen LogP contribution in [-0.2, 0) is 16.4 Å². The van der Waals surface area contributed by atoms with Crippen molar-refractivity contribution in [2.45, 2.75) is 37.6 Å². The van der Waals surface area contributed by atoms with Gasteiger partial charge in [0.2, 0.25) is 10.0 Å². The number of carbonyl (C=O) groups excluding carboxylic acids is 1. The first-order valence-electron chi connectivity index (χ1n) is 10.4. The van der Waals surface area contributed by atoms with Crippen LogP contribution in [0.25, 0.3) is 0 Å². The van der Waals surface area contributed by atoms with E-state index in [1.54, 1.807) is 19.1 Å². The third-order valence-electron chi connectivity index (χ3n) is 5.62. The van der Waals surface area contributed by atoms with E-state index in [4.69, 9.17) is 0 Å². The summed E-state index contributed by atoms with van der Waals surface area (Å²) in [6, 6.07) is 15.1. The zero-order valence-corrected chi connectivity index (χ0v) is 18.8. The summed E-state index contributed by atoms with van der Waals surface area (Å²) in [4.78, 5) is 15.1. The summed E-state index contributed by atoms with van der Waals surface area (Å²) >= 11 is 0. The Hall–Kier alpha value is -2.22. The Balaban J connectivity index is 1.68. The van der Waals surface area contributed by atoms with Crippen molar-refractivity contribution in [3.8, 4) is 0 Å². The first-order chi connectivity index (χ1) is 14.3. The smallest absolute Gasteiger partial charge is 0.251 e. The Kier molecular flexibility index (Phi) is 7.28. The Labute approximate surface area is 179 Å². The normalized spacial score (nSPS) is 16.9. The average molecular weight is 430 g/mol. The van der Waals surface area contributed by atoms with Crippen molar-refractivity contribution >= 4 is 15.9 Å². The number of nitrogens with zero attached hydrogens (tertiary/aromatic N) is 2. The molecular formula is C23H31N3O3S. The van der Waals surface area contributed by atoms with Gasteiger partial charge in [0, 0.05) is 37.8 Å². The van der Waals surface area contributed by atoms with Gasteiger partial charge < -0.3 is 10.2 Å². The van der Waals surface area contributed by atoms with Crippen molar-refractivity contribution in [3.63, 3.8) is 0 Å². The highest BCUT2D eigenvalue weighted by molar-refractivity contribution is 7.89. The van der Waals surface area contributed by atoms with E-state index in [1.165, 1.54) is 15.9 Å². The molecule has 0 aromatic heterocycles. The molecule has 2 aromatic carbocycles. The summed E-state index contributed by atoms with van der Waals surface area (Å²) in [6.45, 7) is 6.08. The Morgan fingerprint density at radius 2 is 1.73 bits per heavy atom. The zero-order valence-electron chi connectivity index (χ0n) is 18.0. The van der Waals surface area contributed by atoms with Gasteiger partial charge >= 0.3 is 0 Å². The number of hydrogen-bond donors (Lipinski definition) is 1. The van der Waals surface area contributed by atoms with E-state index in [0.29, 0.717) is 37.3 Å². The number of hydrogen-bond acceptors (Lipinski definition) is 4. The Bertz CT molecular complexity index is 968. The maximum atomic E-state index is 13.1. The van der Waals surface area contributed by atoms with Gasteiger partial charge in [0.05, 0.1) is 4.90 Å². The van der Waals surface area contributed by atoms with Crippen LogP contribution in [0.3, 0.4) is 0 Å². The third-order valence-corrected chi connectivity index (χ3v) is 7.66. The van der Waals surface area contributed by atoms with Crippen LogP contribution in [0.1, 0.15) is 34.8 Å². The van der Waals surface area contributed by atoms with Gasteiger partial charge in [-0.05, 0) is 57.0 Å². The maximum absolute atomic E-state index is 13.1. The highest BCUT2D eigenvalue weighted by atomic mass is 32.2. The highest BCUT2D eigenvalue weighted by Crippen LogP contribution is 2.22. The lowest BCUT2D eigenvalue weighted by Gasteiger charge is -2.32. The average Bonchev–Trinajstić information content (AvgIpc) is 2.73. The third kappa shape index (κ3) is 5.47. The van der Waals surface area contributed by atoms with Crippen LogP contribution in [0.15, 0.2) is 53.4 Å². The number of benzene rings is 2. The van der Waals surface area contributed by atoms with Gasteiger partial charge in [0.15, 0.2) is 0 Å². The van der Waals surface area contributed by atoms with Gasteiger partial charge in [-0.1, -0.05) is 36.4 Å². The lowest BCUT2D eigenvalue weighted by molar-refractivity contribution is 0.0938. The number of sulfonamides is 1. The molecule has 30 heavy (non-hydrogen) atoms. The molecule has 0 spiro atoms. The first-order valence-corrected chi connectivity index (χ1v) is 11.9. The molecule has 0 aliphatic carbocycles. The van der Waals surface area contributed by atoms with Gasteiger partial charge in [0.1, 0.15) is 0 Å². The molecule has 0 unspecified atom stereocenters. The Morgan fingerprint density at radius 1 is 1.07 bits per heavy atom. The predicted molar refractivity (Wildman–Crippen MR) is 119 cm³/mol. The first kappa shape index (κ1) is 22.5. The van der Waals surface area contributed by atoms with Crippen LogP contribution in [0.4, 0.5) is 0 Å². The number of amides is 1. The Morgan fingerprint density at radius 3 is 2.40 bits per heavy atom. The van der Waals surface area contributed by atoms with Crippen molar-refractivity contribution in [1.82, 2.24) is 14.5 Å². The molecule has 1 heterocycles. The minimum Gasteiger partial charge on any atom is -0.350 e. The lowest BCUT2D eigenvalue weighted by atomic mass is 10.1. The molecule has 0 radical (unpaired) electrons. The van der Waals surface area contributed by atoms with Gasteiger partial charge in [-0.3, -0.25) is 4.79 Å². The molecule has 0 bridgehead atoms. The SMILES string of the molecule is Cc1ccc(C(=O)N[C@@H](C)CCc2ccccc2)cc1S(=O)(=O)N1CCN(C)CC1. The number of aryl methyl sites for hydroxylation is 2. The fourth-order valence-electron chi connectivity index (χ4n) is 3.59. The number of piperazine rings is 1. The molecule has 1 aliphatic heterocycles. The second-order valence-corrected chi connectivity index (χ2v) is 9.99. The molecule has 1 saturated heterocycles. The molecule has 1 atom stereocenters. The molecule has 1 fully saturated rings. The van der Waals surface area contributed by atoms with E-state index in [-0.39, 0.29) is 16.8 Å². The van der Waals surface area contributed by atoms with Crippen molar-refractivity contribution in [2.24, 2.45) is 0 Å². The molecule has 7 heteroatoms. The van der Waals surface area contributed by atoms with Crippen LogP contribution in [0.5, 0.6) is 0 Å². The van der Waals surface area contributed by atoms with Crippen molar-refractivity contribution < 1.29 is 13.2 Å². The summed E-state index contributed by atoms with van der Waals surface area (Å²) in [5, 5.41) is 3.00. The summed E-state index contributed by atoms with van der Waals surface area (Å²) in [5.41, 5.74) is 2.26.